The maximum atomic E-state index is 15.5. The number of aliphatic carboxylic acids is 1. The standard InChI is InChI=1S/C28H31FN4O3/c1-36-23-8-10-27-25(18-23)24(12-15-30-27)26(29)9-6-20-13-17-33(19-21(20)7-11-28(34)35)16-3-5-22-4-2-14-31-32-22/h2,4,8,10,12,14-15,18,20-21,26H,6-7,9,11,13,16-17,19H2,1H3,(H,34,35)/t20?,21?,26-/m0/s1. The highest BCUT2D eigenvalue weighted by Gasteiger charge is 2.30. The molecule has 0 saturated carbocycles. The minimum atomic E-state index is -1.13. The molecule has 0 spiro atoms. The number of hydrogen-bond donors (Lipinski definition) is 1. The van der Waals surface area contributed by atoms with Gasteiger partial charge in [0.2, 0.25) is 0 Å². The Kier molecular flexibility index (Phi) is 8.80. The molecule has 3 atom stereocenters. The number of methoxy groups -OCH3 is 1. The molecule has 7 nitrogen and oxygen atoms in total. The smallest absolute Gasteiger partial charge is 0.303 e. The number of alkyl halides is 1. The zero-order valence-corrected chi connectivity index (χ0v) is 20.4. The van der Waals surface area contributed by atoms with Crippen LogP contribution in [0.5, 0.6) is 5.75 Å². The first-order valence-corrected chi connectivity index (χ1v) is 12.3. The molecule has 188 valence electrons. The SMILES string of the molecule is COc1ccc2nccc([C@@H](F)CCC3CCN(CC#Cc4cccnn4)CC3CCC(=O)O)c2c1. The number of fused-ring (bicyclic) bond motifs is 1. The second-order valence-electron chi connectivity index (χ2n) is 9.22. The van der Waals surface area contributed by atoms with E-state index in [-0.39, 0.29) is 18.3 Å². The summed E-state index contributed by atoms with van der Waals surface area (Å²) in [6.45, 7) is 2.21. The molecule has 0 amide bonds. The summed E-state index contributed by atoms with van der Waals surface area (Å²) in [7, 11) is 1.59. The molecule has 3 aromatic rings. The van der Waals surface area contributed by atoms with Crippen molar-refractivity contribution in [3.63, 3.8) is 0 Å². The van der Waals surface area contributed by atoms with Crippen LogP contribution in [0.15, 0.2) is 48.8 Å². The molecule has 1 aliphatic rings. The van der Waals surface area contributed by atoms with Gasteiger partial charge in [-0.1, -0.05) is 5.92 Å². The monoisotopic (exact) mass is 490 g/mol. The Morgan fingerprint density at radius 3 is 2.92 bits per heavy atom. The van der Waals surface area contributed by atoms with E-state index in [9.17, 15) is 9.90 Å². The molecule has 1 saturated heterocycles. The van der Waals surface area contributed by atoms with Crippen molar-refractivity contribution in [2.24, 2.45) is 11.8 Å². The number of rotatable bonds is 9. The fourth-order valence-corrected chi connectivity index (χ4v) is 4.99. The summed E-state index contributed by atoms with van der Waals surface area (Å²) in [5.41, 5.74) is 1.99. The second kappa shape index (κ2) is 12.4. The topological polar surface area (TPSA) is 88.4 Å². The van der Waals surface area contributed by atoms with Gasteiger partial charge in [-0.05, 0) is 91.9 Å². The Balaban J connectivity index is 1.39. The Labute approximate surface area is 210 Å². The van der Waals surface area contributed by atoms with E-state index in [1.54, 1.807) is 31.6 Å². The second-order valence-corrected chi connectivity index (χ2v) is 9.22. The average Bonchev–Trinajstić information content (AvgIpc) is 2.91. The maximum absolute atomic E-state index is 15.5. The van der Waals surface area contributed by atoms with E-state index in [0.717, 1.165) is 30.4 Å². The molecule has 0 radical (unpaired) electrons. The highest BCUT2D eigenvalue weighted by atomic mass is 19.1. The van der Waals surface area contributed by atoms with E-state index in [0.29, 0.717) is 42.8 Å². The third-order valence-electron chi connectivity index (χ3n) is 6.91. The molecular weight excluding hydrogens is 459 g/mol. The van der Waals surface area contributed by atoms with Crippen molar-refractivity contribution in [2.75, 3.05) is 26.7 Å². The highest BCUT2D eigenvalue weighted by molar-refractivity contribution is 5.83. The normalized spacial score (nSPS) is 18.8. The summed E-state index contributed by atoms with van der Waals surface area (Å²) in [6.07, 6.45) is 4.82. The number of nitrogens with zero attached hydrogens (tertiary/aromatic N) is 4. The molecule has 2 unspecified atom stereocenters. The minimum Gasteiger partial charge on any atom is -0.497 e. The van der Waals surface area contributed by atoms with Crippen molar-refractivity contribution in [3.8, 4) is 17.6 Å². The lowest BCUT2D eigenvalue weighted by atomic mass is 9.79. The Morgan fingerprint density at radius 2 is 2.14 bits per heavy atom. The van der Waals surface area contributed by atoms with Gasteiger partial charge < -0.3 is 9.84 Å². The summed E-state index contributed by atoms with van der Waals surface area (Å²) in [6, 6.07) is 10.9. The lowest BCUT2D eigenvalue weighted by Crippen LogP contribution is -2.41. The fourth-order valence-electron chi connectivity index (χ4n) is 4.99. The first-order chi connectivity index (χ1) is 17.5. The molecule has 0 aliphatic carbocycles. The summed E-state index contributed by atoms with van der Waals surface area (Å²) in [5.74, 6) is 6.52. The molecule has 1 aromatic carbocycles. The molecule has 1 fully saturated rings. The zero-order chi connectivity index (χ0) is 25.3. The summed E-state index contributed by atoms with van der Waals surface area (Å²) < 4.78 is 20.8. The van der Waals surface area contributed by atoms with Crippen LogP contribution >= 0.6 is 0 Å². The summed E-state index contributed by atoms with van der Waals surface area (Å²) in [5, 5.41) is 17.8. The molecule has 1 aliphatic heterocycles. The van der Waals surface area contributed by atoms with Crippen molar-refractivity contribution < 1.29 is 19.0 Å². The molecular formula is C28H31FN4O3. The zero-order valence-electron chi connectivity index (χ0n) is 20.4. The van der Waals surface area contributed by atoms with Crippen molar-refractivity contribution >= 4 is 16.9 Å². The van der Waals surface area contributed by atoms with E-state index < -0.39 is 12.1 Å². The molecule has 4 rings (SSSR count). The van der Waals surface area contributed by atoms with E-state index in [1.807, 2.05) is 24.3 Å². The maximum Gasteiger partial charge on any atom is 0.303 e. The van der Waals surface area contributed by atoms with Crippen molar-refractivity contribution in [1.29, 1.82) is 0 Å². The van der Waals surface area contributed by atoms with Crippen LogP contribution in [0.1, 0.15) is 49.5 Å². The number of likely N-dealkylation sites (tertiary alicyclic amines) is 1. The average molecular weight is 491 g/mol. The van der Waals surface area contributed by atoms with Gasteiger partial charge in [0.15, 0.2) is 0 Å². The number of hydrogen-bond acceptors (Lipinski definition) is 6. The number of ether oxygens (including phenoxy) is 1. The number of carboxylic acids is 1. The number of carbonyl (C=O) groups is 1. The van der Waals surface area contributed by atoms with Gasteiger partial charge in [-0.25, -0.2) is 4.39 Å². The number of halogens is 1. The third-order valence-corrected chi connectivity index (χ3v) is 6.91. The van der Waals surface area contributed by atoms with Gasteiger partial charge in [0.05, 0.1) is 19.2 Å². The Morgan fingerprint density at radius 1 is 1.25 bits per heavy atom. The fraction of sp³-hybridized carbons (Fsp3) is 0.429. The van der Waals surface area contributed by atoms with Crippen molar-refractivity contribution in [1.82, 2.24) is 20.1 Å². The van der Waals surface area contributed by atoms with Crippen LogP contribution in [-0.2, 0) is 4.79 Å². The number of carboxylic acid groups (broad SMARTS) is 1. The molecule has 3 heterocycles. The van der Waals surface area contributed by atoms with Gasteiger partial charge in [-0.15, -0.1) is 5.10 Å². The predicted molar refractivity (Wildman–Crippen MR) is 135 cm³/mol. The van der Waals surface area contributed by atoms with Crippen LogP contribution < -0.4 is 4.74 Å². The lowest BCUT2D eigenvalue weighted by molar-refractivity contribution is -0.137. The van der Waals surface area contributed by atoms with Gasteiger partial charge in [0.1, 0.15) is 17.6 Å². The van der Waals surface area contributed by atoms with E-state index in [2.05, 4.69) is 31.9 Å². The van der Waals surface area contributed by atoms with Crippen LogP contribution in [0.3, 0.4) is 0 Å². The van der Waals surface area contributed by atoms with Gasteiger partial charge in [0, 0.05) is 30.7 Å². The van der Waals surface area contributed by atoms with Gasteiger partial charge in [-0.3, -0.25) is 14.7 Å². The molecule has 8 heteroatoms. The van der Waals surface area contributed by atoms with Crippen LogP contribution in [-0.4, -0.2) is 57.9 Å². The van der Waals surface area contributed by atoms with E-state index in [4.69, 9.17) is 4.74 Å². The molecule has 36 heavy (non-hydrogen) atoms. The van der Waals surface area contributed by atoms with Gasteiger partial charge in [0.25, 0.3) is 0 Å². The Hall–Kier alpha value is -3.57. The van der Waals surface area contributed by atoms with Crippen LogP contribution in [0.2, 0.25) is 0 Å². The van der Waals surface area contributed by atoms with Crippen molar-refractivity contribution in [3.05, 3.63) is 60.0 Å². The van der Waals surface area contributed by atoms with Crippen molar-refractivity contribution in [2.45, 2.75) is 38.3 Å². The molecule has 0 bridgehead atoms. The van der Waals surface area contributed by atoms with E-state index >= 15 is 4.39 Å². The third kappa shape index (κ3) is 6.76. The highest BCUT2D eigenvalue weighted by Crippen LogP contribution is 2.36. The first-order valence-electron chi connectivity index (χ1n) is 12.3. The van der Waals surface area contributed by atoms with Gasteiger partial charge in [-0.2, -0.15) is 5.10 Å². The van der Waals surface area contributed by atoms with Crippen LogP contribution in [0.25, 0.3) is 10.9 Å². The quantitative estimate of drug-likeness (QED) is 0.436. The lowest BCUT2D eigenvalue weighted by Gasteiger charge is -2.38. The summed E-state index contributed by atoms with van der Waals surface area (Å²) >= 11 is 0. The number of pyridine rings is 1. The molecule has 2 aromatic heterocycles. The number of aromatic nitrogens is 3. The number of piperidine rings is 1. The Bertz CT molecular complexity index is 1230. The minimum absolute atomic E-state index is 0.119. The first kappa shape index (κ1) is 25.5. The van der Waals surface area contributed by atoms with Gasteiger partial charge >= 0.3 is 5.97 Å². The largest absolute Gasteiger partial charge is 0.497 e. The van der Waals surface area contributed by atoms with Crippen LogP contribution in [0.4, 0.5) is 4.39 Å². The van der Waals surface area contributed by atoms with E-state index in [1.165, 1.54) is 0 Å². The van der Waals surface area contributed by atoms with Crippen LogP contribution in [0, 0.1) is 23.7 Å². The molecule has 1 N–H and O–H groups in total. The summed E-state index contributed by atoms with van der Waals surface area (Å²) in [4.78, 5) is 17.9. The number of benzene rings is 1. The predicted octanol–water partition coefficient (Wildman–Crippen LogP) is 4.68.